The molecule has 0 atom stereocenters. The van der Waals surface area contributed by atoms with Gasteiger partial charge >= 0.3 is 11.9 Å². The molecule has 0 aliphatic heterocycles. The molecular formula is C39H40N6O4. The Balaban J connectivity index is 0.000000191. The summed E-state index contributed by atoms with van der Waals surface area (Å²) in [4.78, 5) is 32.3. The minimum Gasteiger partial charge on any atom is -0.478 e. The second-order valence-corrected chi connectivity index (χ2v) is 12.4. The zero-order valence-electron chi connectivity index (χ0n) is 28.7. The molecule has 0 unspecified atom stereocenters. The van der Waals surface area contributed by atoms with E-state index in [1.54, 1.807) is 27.6 Å². The smallest absolute Gasteiger partial charge is 0.337 e. The lowest BCUT2D eigenvalue weighted by Crippen LogP contribution is -2.08. The summed E-state index contributed by atoms with van der Waals surface area (Å²) in [7, 11) is 1.38. The van der Waals surface area contributed by atoms with Crippen molar-refractivity contribution in [1.29, 1.82) is 0 Å². The van der Waals surface area contributed by atoms with Crippen LogP contribution in [-0.4, -0.2) is 53.7 Å². The maximum atomic E-state index is 12.1. The Morgan fingerprint density at radius 1 is 0.612 bits per heavy atom. The molecule has 0 aliphatic rings. The van der Waals surface area contributed by atoms with Crippen LogP contribution in [0.2, 0.25) is 0 Å². The standard InChI is InChI=1S/C20H21N3O2.C19H19N3O2/c1-13(2)19-21-12-22-23(19)18-10-16(9-17(11-18)20(24)25-4)15-7-5-14(3)6-8-15;1-12(2)18-20-11-21-22(18)17-9-15(8-16(10-17)19(23)24)14-6-4-13(3)5-7-14/h5-13H,1-4H3;4-12H,1-3H3,(H,23,24). The number of rotatable bonds is 8. The van der Waals surface area contributed by atoms with Gasteiger partial charge in [-0.1, -0.05) is 87.4 Å². The van der Waals surface area contributed by atoms with E-state index in [9.17, 15) is 14.7 Å². The van der Waals surface area contributed by atoms with Gasteiger partial charge in [0, 0.05) is 11.8 Å². The maximum Gasteiger partial charge on any atom is 0.337 e. The third-order valence-corrected chi connectivity index (χ3v) is 7.94. The van der Waals surface area contributed by atoms with Gasteiger partial charge in [0.05, 0.1) is 29.6 Å². The summed E-state index contributed by atoms with van der Waals surface area (Å²) in [6, 6.07) is 27.1. The normalized spacial score (nSPS) is 11.0. The molecule has 6 aromatic rings. The average molecular weight is 657 g/mol. The van der Waals surface area contributed by atoms with Crippen molar-refractivity contribution in [1.82, 2.24) is 29.5 Å². The number of esters is 1. The monoisotopic (exact) mass is 656 g/mol. The van der Waals surface area contributed by atoms with Crippen molar-refractivity contribution in [2.45, 2.75) is 53.4 Å². The molecule has 2 aromatic heterocycles. The summed E-state index contributed by atoms with van der Waals surface area (Å²) < 4.78 is 8.39. The Morgan fingerprint density at radius 2 is 1.02 bits per heavy atom. The quantitative estimate of drug-likeness (QED) is 0.163. The molecule has 4 aromatic carbocycles. The van der Waals surface area contributed by atoms with Gasteiger partial charge in [0.2, 0.25) is 0 Å². The van der Waals surface area contributed by atoms with Crippen LogP contribution in [0.4, 0.5) is 0 Å². The van der Waals surface area contributed by atoms with Gasteiger partial charge in [0.1, 0.15) is 24.3 Å². The minimum absolute atomic E-state index is 0.184. The third-order valence-electron chi connectivity index (χ3n) is 7.94. The van der Waals surface area contributed by atoms with E-state index in [-0.39, 0.29) is 23.4 Å². The van der Waals surface area contributed by atoms with E-state index >= 15 is 0 Å². The number of aromatic nitrogens is 6. The van der Waals surface area contributed by atoms with Crippen LogP contribution >= 0.6 is 0 Å². The van der Waals surface area contributed by atoms with Crippen molar-refractivity contribution in [3.63, 3.8) is 0 Å². The highest BCUT2D eigenvalue weighted by Gasteiger charge is 2.17. The largest absolute Gasteiger partial charge is 0.478 e. The number of methoxy groups -OCH3 is 1. The molecule has 0 radical (unpaired) electrons. The molecule has 0 aliphatic carbocycles. The molecule has 0 bridgehead atoms. The van der Waals surface area contributed by atoms with E-state index in [1.807, 2.05) is 82.3 Å². The van der Waals surface area contributed by atoms with E-state index in [1.165, 1.54) is 25.3 Å². The topological polar surface area (TPSA) is 125 Å². The molecule has 1 N–H and O–H groups in total. The number of aryl methyl sites for hydroxylation is 2. The van der Waals surface area contributed by atoms with Gasteiger partial charge in [-0.15, -0.1) is 0 Å². The van der Waals surface area contributed by atoms with Crippen LogP contribution in [0.25, 0.3) is 33.6 Å². The van der Waals surface area contributed by atoms with Crippen LogP contribution < -0.4 is 0 Å². The molecular weight excluding hydrogens is 616 g/mol. The summed E-state index contributed by atoms with van der Waals surface area (Å²) in [5.74, 6) is 0.707. The predicted octanol–water partition coefficient (Wildman–Crippen LogP) is 8.22. The van der Waals surface area contributed by atoms with Crippen LogP contribution in [0.1, 0.15) is 83.0 Å². The van der Waals surface area contributed by atoms with E-state index in [0.29, 0.717) is 11.3 Å². The molecule has 0 spiro atoms. The van der Waals surface area contributed by atoms with Crippen molar-refractivity contribution < 1.29 is 19.4 Å². The lowest BCUT2D eigenvalue weighted by Gasteiger charge is -2.12. The number of nitrogens with zero attached hydrogens (tertiary/aromatic N) is 6. The minimum atomic E-state index is -0.962. The number of carbonyl (C=O) groups is 2. The highest BCUT2D eigenvalue weighted by molar-refractivity contribution is 5.92. The molecule has 10 nitrogen and oxygen atoms in total. The Kier molecular flexibility index (Phi) is 10.5. The molecule has 49 heavy (non-hydrogen) atoms. The molecule has 6 rings (SSSR count). The first-order valence-electron chi connectivity index (χ1n) is 16.0. The first-order valence-corrected chi connectivity index (χ1v) is 16.0. The van der Waals surface area contributed by atoms with Crippen LogP contribution in [-0.2, 0) is 4.74 Å². The van der Waals surface area contributed by atoms with Gasteiger partial charge < -0.3 is 9.84 Å². The highest BCUT2D eigenvalue weighted by Crippen LogP contribution is 2.28. The highest BCUT2D eigenvalue weighted by atomic mass is 16.5. The summed E-state index contributed by atoms with van der Waals surface area (Å²) in [6.45, 7) is 12.2. The fraction of sp³-hybridized carbons (Fsp3) is 0.231. The van der Waals surface area contributed by atoms with Gasteiger partial charge in [-0.25, -0.2) is 28.9 Å². The molecule has 0 saturated heterocycles. The second kappa shape index (κ2) is 14.9. The lowest BCUT2D eigenvalue weighted by atomic mass is 10.0. The van der Waals surface area contributed by atoms with Crippen molar-refractivity contribution in [2.75, 3.05) is 7.11 Å². The SMILES string of the molecule is COC(=O)c1cc(-c2ccc(C)cc2)cc(-n2ncnc2C(C)C)c1.Cc1ccc(-c2cc(C(=O)O)cc(-n3ncnc3C(C)C)c2)cc1. The van der Waals surface area contributed by atoms with Crippen molar-refractivity contribution in [3.05, 3.63) is 131 Å². The molecule has 0 fully saturated rings. The summed E-state index contributed by atoms with van der Waals surface area (Å²) in [5.41, 5.74) is 8.33. The van der Waals surface area contributed by atoms with Crippen molar-refractivity contribution in [2.24, 2.45) is 0 Å². The fourth-order valence-electron chi connectivity index (χ4n) is 5.34. The molecule has 2 heterocycles. The van der Waals surface area contributed by atoms with Crippen molar-refractivity contribution in [3.8, 4) is 33.6 Å². The van der Waals surface area contributed by atoms with Gasteiger partial charge in [0.25, 0.3) is 0 Å². The number of ether oxygens (including phenoxy) is 1. The zero-order chi connectivity index (χ0) is 35.2. The number of aromatic carboxylic acids is 1. The van der Waals surface area contributed by atoms with Gasteiger partial charge in [-0.2, -0.15) is 10.2 Å². The summed E-state index contributed by atoms with van der Waals surface area (Å²) in [6.07, 6.45) is 3.03. The molecule has 10 heteroatoms. The Morgan fingerprint density at radius 3 is 1.41 bits per heavy atom. The first-order chi connectivity index (χ1) is 23.4. The van der Waals surface area contributed by atoms with E-state index in [0.717, 1.165) is 45.2 Å². The van der Waals surface area contributed by atoms with Gasteiger partial charge in [-0.3, -0.25) is 0 Å². The van der Waals surface area contributed by atoms with Crippen molar-refractivity contribution >= 4 is 11.9 Å². The number of benzene rings is 4. The van der Waals surface area contributed by atoms with Crippen LogP contribution in [0, 0.1) is 13.8 Å². The Bertz CT molecular complexity index is 2080. The van der Waals surface area contributed by atoms with Crippen LogP contribution in [0.3, 0.4) is 0 Å². The average Bonchev–Trinajstić information content (AvgIpc) is 3.80. The Labute approximate surface area is 286 Å². The molecule has 250 valence electrons. The number of carboxylic acid groups (broad SMARTS) is 1. The van der Waals surface area contributed by atoms with Crippen LogP contribution in [0.15, 0.2) is 97.6 Å². The maximum absolute atomic E-state index is 12.1. The lowest BCUT2D eigenvalue weighted by molar-refractivity contribution is 0.0599. The number of carboxylic acids is 1. The fourth-order valence-corrected chi connectivity index (χ4v) is 5.34. The Hall–Kier alpha value is -5.90. The molecule has 0 amide bonds. The van der Waals surface area contributed by atoms with E-state index in [2.05, 4.69) is 46.1 Å². The molecule has 0 saturated carbocycles. The summed E-state index contributed by atoms with van der Waals surface area (Å²) >= 11 is 0. The third kappa shape index (κ3) is 7.98. The zero-order valence-corrected chi connectivity index (χ0v) is 28.7. The number of hydrogen-bond donors (Lipinski definition) is 1. The van der Waals surface area contributed by atoms with E-state index < -0.39 is 5.97 Å². The first kappa shape index (κ1) is 34.4. The number of hydrogen-bond acceptors (Lipinski definition) is 7. The number of carbonyl (C=O) groups excluding carboxylic acids is 1. The van der Waals surface area contributed by atoms with E-state index in [4.69, 9.17) is 4.74 Å². The van der Waals surface area contributed by atoms with Gasteiger partial charge in [0.15, 0.2) is 0 Å². The van der Waals surface area contributed by atoms with Crippen LogP contribution in [0.5, 0.6) is 0 Å². The second-order valence-electron chi connectivity index (χ2n) is 12.4. The van der Waals surface area contributed by atoms with Gasteiger partial charge in [-0.05, 0) is 72.5 Å². The summed E-state index contributed by atoms with van der Waals surface area (Å²) in [5, 5.41) is 18.1. The predicted molar refractivity (Wildman–Crippen MR) is 190 cm³/mol.